The molecule has 3 heterocycles. The fourth-order valence-electron chi connectivity index (χ4n) is 3.68. The van der Waals surface area contributed by atoms with Crippen molar-refractivity contribution in [2.24, 2.45) is 0 Å². The Labute approximate surface area is 196 Å². The Hall–Kier alpha value is -3.49. The van der Waals surface area contributed by atoms with Crippen LogP contribution >= 0.6 is 11.3 Å². The summed E-state index contributed by atoms with van der Waals surface area (Å²) < 4.78 is 5.09. The molecule has 2 N–H and O–H groups in total. The van der Waals surface area contributed by atoms with Gasteiger partial charge in [0, 0.05) is 28.6 Å². The third kappa shape index (κ3) is 5.13. The number of nitrogens with zero attached hydrogens (tertiary/aromatic N) is 2. The highest BCUT2D eigenvalue weighted by Gasteiger charge is 2.19. The average molecular weight is 463 g/mol. The number of likely N-dealkylation sites (N-methyl/N-ethyl adjacent to an activating group) is 1. The normalized spacial score (nSPS) is 12.1. The van der Waals surface area contributed by atoms with Crippen LogP contribution in [-0.2, 0) is 4.74 Å². The molecule has 0 aliphatic rings. The summed E-state index contributed by atoms with van der Waals surface area (Å²) in [6.07, 6.45) is 1.69. The molecule has 0 saturated carbocycles. The van der Waals surface area contributed by atoms with Gasteiger partial charge in [0.1, 0.15) is 11.3 Å². The second kappa shape index (κ2) is 9.97. The third-order valence-corrected chi connectivity index (χ3v) is 6.29. The lowest BCUT2D eigenvalue weighted by Gasteiger charge is -2.22. The summed E-state index contributed by atoms with van der Waals surface area (Å²) in [4.78, 5) is 36.1. The molecule has 4 rings (SSSR count). The number of nitrogens with one attached hydrogen (secondary N) is 2. The maximum Gasteiger partial charge on any atom is 0.354 e. The van der Waals surface area contributed by atoms with Gasteiger partial charge < -0.3 is 19.9 Å². The van der Waals surface area contributed by atoms with Crippen molar-refractivity contribution in [3.05, 3.63) is 76.9 Å². The van der Waals surface area contributed by atoms with E-state index in [0.717, 1.165) is 21.4 Å². The van der Waals surface area contributed by atoms with Crippen LogP contribution in [0.4, 0.5) is 0 Å². The molecule has 8 heteroatoms. The molecular weight excluding hydrogens is 436 g/mol. The number of carbonyl (C=O) groups excluding carboxylic acids is 2. The minimum Gasteiger partial charge on any atom is -0.461 e. The van der Waals surface area contributed by atoms with E-state index in [1.54, 1.807) is 19.2 Å². The first-order valence-electron chi connectivity index (χ1n) is 10.7. The van der Waals surface area contributed by atoms with Crippen molar-refractivity contribution in [1.82, 2.24) is 20.2 Å². The Morgan fingerprint density at radius 3 is 2.67 bits per heavy atom. The van der Waals surface area contributed by atoms with Crippen molar-refractivity contribution < 1.29 is 14.3 Å². The maximum absolute atomic E-state index is 13.1. The lowest BCUT2D eigenvalue weighted by Crippen LogP contribution is -2.34. The van der Waals surface area contributed by atoms with Crippen molar-refractivity contribution in [1.29, 1.82) is 0 Å². The number of fused-ring (bicyclic) bond motifs is 1. The summed E-state index contributed by atoms with van der Waals surface area (Å²) in [5.41, 5.74) is 2.93. The van der Waals surface area contributed by atoms with Gasteiger partial charge in [0.2, 0.25) is 0 Å². The van der Waals surface area contributed by atoms with Crippen molar-refractivity contribution in [3.63, 3.8) is 0 Å². The van der Waals surface area contributed by atoms with Gasteiger partial charge in [-0.1, -0.05) is 30.3 Å². The first-order chi connectivity index (χ1) is 16.0. The molecule has 0 radical (unpaired) electrons. The number of ether oxygens (including phenoxy) is 1. The van der Waals surface area contributed by atoms with Gasteiger partial charge in [0.15, 0.2) is 0 Å². The number of aromatic nitrogens is 2. The van der Waals surface area contributed by atoms with E-state index in [1.165, 1.54) is 11.3 Å². The molecular formula is C25H26N4O3S. The van der Waals surface area contributed by atoms with Gasteiger partial charge in [-0.3, -0.25) is 4.79 Å². The predicted octanol–water partition coefficient (Wildman–Crippen LogP) is 4.50. The molecule has 0 fully saturated rings. The topological polar surface area (TPSA) is 87.3 Å². The lowest BCUT2D eigenvalue weighted by atomic mass is 10.1. The highest BCUT2D eigenvalue weighted by atomic mass is 32.1. The van der Waals surface area contributed by atoms with E-state index in [2.05, 4.69) is 20.2 Å². The number of carbonyl (C=O) groups is 2. The molecule has 0 aliphatic carbocycles. The summed E-state index contributed by atoms with van der Waals surface area (Å²) >= 11 is 1.41. The molecule has 0 bridgehead atoms. The van der Waals surface area contributed by atoms with Crippen LogP contribution < -0.4 is 5.32 Å². The van der Waals surface area contributed by atoms with E-state index in [0.29, 0.717) is 29.4 Å². The molecule has 0 saturated heterocycles. The number of amides is 1. The Balaban J connectivity index is 1.59. The highest BCUT2D eigenvalue weighted by molar-refractivity contribution is 7.17. The van der Waals surface area contributed by atoms with Gasteiger partial charge in [-0.25, -0.2) is 9.78 Å². The van der Waals surface area contributed by atoms with Crippen molar-refractivity contribution >= 4 is 34.2 Å². The van der Waals surface area contributed by atoms with E-state index >= 15 is 0 Å². The molecule has 170 valence electrons. The zero-order chi connectivity index (χ0) is 23.4. The van der Waals surface area contributed by atoms with Crippen LogP contribution in [0.25, 0.3) is 21.5 Å². The van der Waals surface area contributed by atoms with E-state index < -0.39 is 5.97 Å². The maximum atomic E-state index is 13.1. The second-order valence-electron chi connectivity index (χ2n) is 7.89. The molecule has 7 nitrogen and oxygen atoms in total. The van der Waals surface area contributed by atoms with Crippen molar-refractivity contribution in [2.75, 3.05) is 27.2 Å². The molecule has 33 heavy (non-hydrogen) atoms. The van der Waals surface area contributed by atoms with Crippen molar-refractivity contribution in [2.45, 2.75) is 13.0 Å². The predicted molar refractivity (Wildman–Crippen MR) is 131 cm³/mol. The van der Waals surface area contributed by atoms with Gasteiger partial charge in [-0.05, 0) is 50.8 Å². The lowest BCUT2D eigenvalue weighted by molar-refractivity contribution is 0.0520. The molecule has 4 aromatic rings. The summed E-state index contributed by atoms with van der Waals surface area (Å²) in [6.45, 7) is 2.76. The van der Waals surface area contributed by atoms with Crippen LogP contribution in [-0.4, -0.2) is 54.0 Å². The monoisotopic (exact) mass is 462 g/mol. The molecule has 0 spiro atoms. The fourth-order valence-corrected chi connectivity index (χ4v) is 4.63. The number of H-pyrrole nitrogens is 1. The Bertz CT molecular complexity index is 1260. The van der Waals surface area contributed by atoms with Gasteiger partial charge in [0.05, 0.1) is 17.5 Å². The SMILES string of the molecule is CCOC(=O)c1cc2c(-c3ccc(C(=O)NC(CN(C)C)c4ccccc4)s3)ccnc2[nH]1. The number of rotatable bonds is 8. The standard InChI is InChI=1S/C25H26N4O3S/c1-4-32-25(31)19-14-18-17(12-13-26-23(18)27-19)21-10-11-22(33-21)24(30)28-20(15-29(2)3)16-8-6-5-7-9-16/h5-14,20H,4,15H2,1-3H3,(H,26,27)(H,28,30). The summed E-state index contributed by atoms with van der Waals surface area (Å²) in [6, 6.07) is 17.2. The largest absolute Gasteiger partial charge is 0.461 e. The van der Waals surface area contributed by atoms with Gasteiger partial charge in [-0.2, -0.15) is 0 Å². The average Bonchev–Trinajstić information content (AvgIpc) is 3.46. The first-order valence-corrected chi connectivity index (χ1v) is 11.5. The number of benzene rings is 1. The number of hydrogen-bond acceptors (Lipinski definition) is 6. The Morgan fingerprint density at radius 2 is 1.94 bits per heavy atom. The molecule has 1 amide bonds. The van der Waals surface area contributed by atoms with Crippen LogP contribution in [0.1, 0.15) is 38.7 Å². The van der Waals surface area contributed by atoms with Crippen LogP contribution in [0.15, 0.2) is 60.8 Å². The number of hydrogen-bond donors (Lipinski definition) is 2. The van der Waals surface area contributed by atoms with Gasteiger partial charge in [-0.15, -0.1) is 11.3 Å². The summed E-state index contributed by atoms with van der Waals surface area (Å²) in [5, 5.41) is 3.98. The minimum atomic E-state index is -0.416. The number of pyridine rings is 1. The zero-order valence-electron chi connectivity index (χ0n) is 18.8. The summed E-state index contributed by atoms with van der Waals surface area (Å²) in [5.74, 6) is -0.533. The van der Waals surface area contributed by atoms with E-state index in [9.17, 15) is 9.59 Å². The van der Waals surface area contributed by atoms with Crippen LogP contribution in [0.5, 0.6) is 0 Å². The Morgan fingerprint density at radius 1 is 1.15 bits per heavy atom. The van der Waals surface area contributed by atoms with Gasteiger partial charge >= 0.3 is 5.97 Å². The van der Waals surface area contributed by atoms with Gasteiger partial charge in [0.25, 0.3) is 5.91 Å². The van der Waals surface area contributed by atoms with Crippen molar-refractivity contribution in [3.8, 4) is 10.4 Å². The smallest absolute Gasteiger partial charge is 0.354 e. The number of esters is 1. The first kappa shape index (κ1) is 22.7. The molecule has 3 aromatic heterocycles. The third-order valence-electron chi connectivity index (χ3n) is 5.18. The molecule has 0 aliphatic heterocycles. The Kier molecular flexibility index (Phi) is 6.86. The number of thiophene rings is 1. The molecule has 1 unspecified atom stereocenters. The van der Waals surface area contributed by atoms with E-state index in [4.69, 9.17) is 4.74 Å². The van der Waals surface area contributed by atoms with E-state index in [1.807, 2.05) is 62.6 Å². The zero-order valence-corrected chi connectivity index (χ0v) is 19.6. The molecule has 1 aromatic carbocycles. The quantitative estimate of drug-likeness (QED) is 0.377. The molecule has 1 atom stereocenters. The van der Waals surface area contributed by atoms with Crippen LogP contribution in [0, 0.1) is 0 Å². The van der Waals surface area contributed by atoms with Crippen LogP contribution in [0.3, 0.4) is 0 Å². The second-order valence-corrected chi connectivity index (χ2v) is 8.97. The number of aromatic amines is 1. The van der Waals surface area contributed by atoms with E-state index in [-0.39, 0.29) is 11.9 Å². The minimum absolute atomic E-state index is 0.117. The van der Waals surface area contributed by atoms with Crippen LogP contribution in [0.2, 0.25) is 0 Å². The fraction of sp³-hybridized carbons (Fsp3) is 0.240. The highest BCUT2D eigenvalue weighted by Crippen LogP contribution is 2.33. The summed E-state index contributed by atoms with van der Waals surface area (Å²) in [7, 11) is 3.98.